The zero-order valence-corrected chi connectivity index (χ0v) is 16.8. The van der Waals surface area contributed by atoms with Crippen LogP contribution in [0.3, 0.4) is 0 Å². The summed E-state index contributed by atoms with van der Waals surface area (Å²) in [6.07, 6.45) is 0. The molecule has 0 aromatic heterocycles. The molecule has 1 N–H and O–H groups in total. The number of carbonyl (C=O) groups excluding carboxylic acids is 1. The average molecular weight is 457 g/mol. The van der Waals surface area contributed by atoms with Crippen LogP contribution in [0, 0.1) is 10.1 Å². The zero-order valence-electron chi connectivity index (χ0n) is 15.2. The Balaban J connectivity index is 1.54. The van der Waals surface area contributed by atoms with Crippen molar-refractivity contribution in [2.75, 3.05) is 18.5 Å². The molecule has 0 aliphatic heterocycles. The quantitative estimate of drug-likeness (QED) is 0.290. The highest BCUT2D eigenvalue weighted by atomic mass is 79.9. The molecule has 148 valence electrons. The summed E-state index contributed by atoms with van der Waals surface area (Å²) in [6.45, 7) is 0.737. The van der Waals surface area contributed by atoms with Crippen molar-refractivity contribution in [3.63, 3.8) is 0 Å². The van der Waals surface area contributed by atoms with Crippen LogP contribution in [0.5, 0.6) is 11.5 Å². The molecule has 0 aliphatic carbocycles. The lowest BCUT2D eigenvalue weighted by molar-refractivity contribution is -0.384. The molecule has 0 spiro atoms. The van der Waals surface area contributed by atoms with Crippen LogP contribution in [0.15, 0.2) is 77.3 Å². The number of para-hydroxylation sites is 1. The van der Waals surface area contributed by atoms with Gasteiger partial charge in [-0.05, 0) is 58.4 Å². The maximum absolute atomic E-state index is 12.4. The molecule has 0 unspecified atom stereocenters. The molecular formula is C21H17BrN2O5. The predicted molar refractivity (Wildman–Crippen MR) is 113 cm³/mol. The third kappa shape index (κ3) is 5.79. The van der Waals surface area contributed by atoms with Gasteiger partial charge in [0.05, 0.1) is 9.40 Å². The Kier molecular flexibility index (Phi) is 6.80. The minimum atomic E-state index is -0.494. The molecule has 7 nitrogen and oxygen atoms in total. The van der Waals surface area contributed by atoms with Crippen molar-refractivity contribution >= 4 is 33.2 Å². The molecule has 1 amide bonds. The van der Waals surface area contributed by atoms with E-state index in [4.69, 9.17) is 9.47 Å². The molecule has 0 atom stereocenters. The van der Waals surface area contributed by atoms with Crippen LogP contribution in [0.25, 0.3) is 0 Å². The minimum Gasteiger partial charge on any atom is -0.490 e. The number of nitro benzene ring substituents is 1. The first-order chi connectivity index (χ1) is 14.0. The Hall–Kier alpha value is -3.39. The van der Waals surface area contributed by atoms with Crippen molar-refractivity contribution in [2.24, 2.45) is 0 Å². The lowest BCUT2D eigenvalue weighted by atomic mass is 10.2. The molecule has 0 saturated heterocycles. The highest BCUT2D eigenvalue weighted by Crippen LogP contribution is 2.26. The number of nitrogens with one attached hydrogen (secondary N) is 1. The summed E-state index contributed by atoms with van der Waals surface area (Å²) in [6, 6.07) is 20.1. The summed E-state index contributed by atoms with van der Waals surface area (Å²) in [5.74, 6) is 1.03. The van der Waals surface area contributed by atoms with Gasteiger partial charge in [0.2, 0.25) is 0 Å². The molecule has 0 radical (unpaired) electrons. The fourth-order valence-electron chi connectivity index (χ4n) is 2.46. The highest BCUT2D eigenvalue weighted by molar-refractivity contribution is 9.10. The van der Waals surface area contributed by atoms with Crippen LogP contribution in [0.1, 0.15) is 10.4 Å². The van der Waals surface area contributed by atoms with Gasteiger partial charge in [-0.3, -0.25) is 14.9 Å². The van der Waals surface area contributed by atoms with E-state index in [-0.39, 0.29) is 11.6 Å². The third-order valence-corrected chi connectivity index (χ3v) is 4.50. The first kappa shape index (κ1) is 20.3. The van der Waals surface area contributed by atoms with Crippen molar-refractivity contribution in [1.82, 2.24) is 0 Å². The van der Waals surface area contributed by atoms with Gasteiger partial charge < -0.3 is 14.8 Å². The second-order valence-electron chi connectivity index (χ2n) is 5.91. The summed E-state index contributed by atoms with van der Waals surface area (Å²) in [4.78, 5) is 22.6. The van der Waals surface area contributed by atoms with Crippen LogP contribution in [0.2, 0.25) is 0 Å². The van der Waals surface area contributed by atoms with E-state index in [0.717, 1.165) is 5.75 Å². The number of hydrogen-bond donors (Lipinski definition) is 1. The van der Waals surface area contributed by atoms with Crippen LogP contribution in [0.4, 0.5) is 11.4 Å². The van der Waals surface area contributed by atoms with E-state index in [0.29, 0.717) is 34.7 Å². The van der Waals surface area contributed by atoms with E-state index >= 15 is 0 Å². The number of halogens is 1. The molecule has 0 saturated carbocycles. The summed E-state index contributed by atoms with van der Waals surface area (Å²) in [7, 11) is 0. The molecule has 0 fully saturated rings. The maximum atomic E-state index is 12.4. The molecule has 0 bridgehead atoms. The van der Waals surface area contributed by atoms with E-state index in [2.05, 4.69) is 21.2 Å². The summed E-state index contributed by atoms with van der Waals surface area (Å²) in [5, 5.41) is 13.4. The van der Waals surface area contributed by atoms with Gasteiger partial charge in [0.15, 0.2) is 0 Å². The maximum Gasteiger partial charge on any atom is 0.269 e. The number of rotatable bonds is 8. The fraction of sp³-hybridized carbons (Fsp3) is 0.0952. The van der Waals surface area contributed by atoms with Crippen molar-refractivity contribution in [3.8, 4) is 11.5 Å². The molecular weight excluding hydrogens is 440 g/mol. The van der Waals surface area contributed by atoms with Gasteiger partial charge in [0, 0.05) is 23.4 Å². The Labute approximate surface area is 175 Å². The molecule has 0 heterocycles. The van der Waals surface area contributed by atoms with Gasteiger partial charge in [-0.25, -0.2) is 0 Å². The van der Waals surface area contributed by atoms with Crippen LogP contribution >= 0.6 is 15.9 Å². The summed E-state index contributed by atoms with van der Waals surface area (Å²) in [5.41, 5.74) is 0.849. The standard InChI is InChI=1S/C21H17BrN2O5/c22-19-14-15(21(25)23-16-7-9-17(10-8-16)24(26)27)6-11-20(19)29-13-12-28-18-4-2-1-3-5-18/h1-11,14H,12-13H2,(H,23,25). The number of non-ortho nitro benzene ring substituents is 1. The van der Waals surface area contributed by atoms with E-state index in [1.54, 1.807) is 18.2 Å². The van der Waals surface area contributed by atoms with Crippen molar-refractivity contribution in [3.05, 3.63) is 92.9 Å². The molecule has 8 heteroatoms. The van der Waals surface area contributed by atoms with Crippen LogP contribution < -0.4 is 14.8 Å². The van der Waals surface area contributed by atoms with Gasteiger partial charge in [0.1, 0.15) is 24.7 Å². The number of hydrogen-bond acceptors (Lipinski definition) is 5. The van der Waals surface area contributed by atoms with Crippen molar-refractivity contribution < 1.29 is 19.2 Å². The van der Waals surface area contributed by atoms with Crippen LogP contribution in [-0.2, 0) is 0 Å². The summed E-state index contributed by atoms with van der Waals surface area (Å²) < 4.78 is 11.9. The van der Waals surface area contributed by atoms with E-state index in [1.807, 2.05) is 30.3 Å². The number of carbonyl (C=O) groups is 1. The average Bonchev–Trinajstić information content (AvgIpc) is 2.73. The monoisotopic (exact) mass is 456 g/mol. The number of amides is 1. The SMILES string of the molecule is O=C(Nc1ccc([N+](=O)[O-])cc1)c1ccc(OCCOc2ccccc2)c(Br)c1. The minimum absolute atomic E-state index is 0.0384. The second-order valence-corrected chi connectivity index (χ2v) is 6.77. The Morgan fingerprint density at radius 3 is 2.31 bits per heavy atom. The van der Waals surface area contributed by atoms with Crippen molar-refractivity contribution in [1.29, 1.82) is 0 Å². The van der Waals surface area contributed by atoms with Gasteiger partial charge in [0.25, 0.3) is 11.6 Å². The largest absolute Gasteiger partial charge is 0.490 e. The van der Waals surface area contributed by atoms with Crippen molar-refractivity contribution in [2.45, 2.75) is 0 Å². The summed E-state index contributed by atoms with van der Waals surface area (Å²) >= 11 is 3.40. The number of anilines is 1. The van der Waals surface area contributed by atoms with E-state index in [1.165, 1.54) is 24.3 Å². The second kappa shape index (κ2) is 9.70. The molecule has 3 rings (SSSR count). The van der Waals surface area contributed by atoms with Gasteiger partial charge in [-0.15, -0.1) is 0 Å². The normalized spacial score (nSPS) is 10.2. The van der Waals surface area contributed by atoms with E-state index < -0.39 is 4.92 Å². The molecule has 3 aromatic rings. The fourth-order valence-corrected chi connectivity index (χ4v) is 2.95. The zero-order chi connectivity index (χ0) is 20.6. The number of nitrogens with zero attached hydrogens (tertiary/aromatic N) is 1. The molecule has 3 aromatic carbocycles. The Morgan fingerprint density at radius 2 is 1.66 bits per heavy atom. The van der Waals surface area contributed by atoms with Gasteiger partial charge in [-0.1, -0.05) is 18.2 Å². The first-order valence-electron chi connectivity index (χ1n) is 8.69. The smallest absolute Gasteiger partial charge is 0.269 e. The third-order valence-electron chi connectivity index (χ3n) is 3.88. The topological polar surface area (TPSA) is 90.7 Å². The van der Waals surface area contributed by atoms with Gasteiger partial charge >= 0.3 is 0 Å². The predicted octanol–water partition coefficient (Wildman–Crippen LogP) is 5.07. The first-order valence-corrected chi connectivity index (χ1v) is 9.48. The molecule has 29 heavy (non-hydrogen) atoms. The lowest BCUT2D eigenvalue weighted by Gasteiger charge is -2.11. The lowest BCUT2D eigenvalue weighted by Crippen LogP contribution is -2.12. The molecule has 0 aliphatic rings. The highest BCUT2D eigenvalue weighted by Gasteiger charge is 2.11. The van der Waals surface area contributed by atoms with Gasteiger partial charge in [-0.2, -0.15) is 0 Å². The Morgan fingerprint density at radius 1 is 0.966 bits per heavy atom. The number of benzene rings is 3. The van der Waals surface area contributed by atoms with Crippen LogP contribution in [-0.4, -0.2) is 24.0 Å². The van der Waals surface area contributed by atoms with E-state index in [9.17, 15) is 14.9 Å². The number of ether oxygens (including phenoxy) is 2. The Bertz CT molecular complexity index is 994. The number of nitro groups is 1.